The van der Waals surface area contributed by atoms with Crippen LogP contribution < -0.4 is 4.90 Å². The van der Waals surface area contributed by atoms with E-state index >= 15 is 0 Å². The van der Waals surface area contributed by atoms with E-state index in [2.05, 4.69) is 44.0 Å². The molecule has 1 aliphatic rings. The summed E-state index contributed by atoms with van der Waals surface area (Å²) >= 11 is 6.13. The Labute approximate surface area is 171 Å². The van der Waals surface area contributed by atoms with Crippen molar-refractivity contribution in [3.63, 3.8) is 0 Å². The average Bonchev–Trinajstić information content (AvgIpc) is 2.68. The fourth-order valence-electron chi connectivity index (χ4n) is 4.58. The summed E-state index contributed by atoms with van der Waals surface area (Å²) in [4.78, 5) is 19.5. The zero-order valence-electron chi connectivity index (χ0n) is 16.3. The van der Waals surface area contributed by atoms with Gasteiger partial charge in [0, 0.05) is 34.1 Å². The summed E-state index contributed by atoms with van der Waals surface area (Å²) < 4.78 is 0. The third-order valence-electron chi connectivity index (χ3n) is 5.72. The second kappa shape index (κ2) is 6.75. The Morgan fingerprint density at radius 2 is 1.71 bits per heavy atom. The van der Waals surface area contributed by atoms with Crippen LogP contribution in [0.5, 0.6) is 0 Å². The lowest BCUT2D eigenvalue weighted by Crippen LogP contribution is -2.55. The van der Waals surface area contributed by atoms with Crippen molar-refractivity contribution in [1.82, 2.24) is 4.98 Å². The minimum absolute atomic E-state index is 0.0243. The highest BCUT2D eigenvalue weighted by molar-refractivity contribution is 6.30. The van der Waals surface area contributed by atoms with E-state index in [1.165, 1.54) is 5.56 Å². The molecule has 4 heteroatoms. The molecule has 0 spiro atoms. The van der Waals surface area contributed by atoms with E-state index in [1.54, 1.807) is 18.5 Å². The van der Waals surface area contributed by atoms with Gasteiger partial charge in [0.15, 0.2) is 0 Å². The quantitative estimate of drug-likeness (QED) is 0.548. The van der Waals surface area contributed by atoms with Gasteiger partial charge in [0.2, 0.25) is 0 Å². The number of carbonyl (C=O) groups is 1. The number of pyridine rings is 1. The molecule has 0 unspecified atom stereocenters. The van der Waals surface area contributed by atoms with Gasteiger partial charge in [-0.2, -0.15) is 0 Å². The highest BCUT2D eigenvalue weighted by Crippen LogP contribution is 2.50. The monoisotopic (exact) mass is 390 g/mol. The van der Waals surface area contributed by atoms with Crippen LogP contribution in [-0.4, -0.2) is 16.4 Å². The molecule has 2 aromatic carbocycles. The molecule has 0 saturated carbocycles. The molecule has 1 aromatic heterocycles. The van der Waals surface area contributed by atoms with Gasteiger partial charge < -0.3 is 4.90 Å². The normalized spacial score (nSPS) is 20.5. The van der Waals surface area contributed by atoms with Crippen LogP contribution >= 0.6 is 11.6 Å². The Bertz CT molecular complexity index is 1010. The second-order valence-corrected chi connectivity index (χ2v) is 8.66. The molecule has 0 bridgehead atoms. The minimum atomic E-state index is -0.379. The summed E-state index contributed by atoms with van der Waals surface area (Å²) in [5, 5.41) is 0.726. The molecular weight excluding hydrogens is 368 g/mol. The van der Waals surface area contributed by atoms with Gasteiger partial charge in [-0.15, -0.1) is 0 Å². The molecular formula is C24H23ClN2O. The standard InChI is InChI=1S/C24H23ClN2O/c1-23(2)16-24(3,18-10-12-19(25)13-11-18)20-8-4-5-9-21(20)27(23)22(28)17-7-6-14-26-15-17/h4-15H,16H2,1-3H3/t24-/m0/s1. The number of fused-ring (bicyclic) bond motifs is 1. The molecule has 0 saturated heterocycles. The van der Waals surface area contributed by atoms with Crippen LogP contribution in [0.25, 0.3) is 0 Å². The number of halogens is 1. The topological polar surface area (TPSA) is 33.2 Å². The first kappa shape index (κ1) is 18.7. The Kier molecular flexibility index (Phi) is 4.51. The molecule has 0 N–H and O–H groups in total. The van der Waals surface area contributed by atoms with Crippen LogP contribution in [-0.2, 0) is 5.41 Å². The van der Waals surface area contributed by atoms with E-state index in [-0.39, 0.29) is 16.9 Å². The van der Waals surface area contributed by atoms with Gasteiger partial charge in [0.25, 0.3) is 5.91 Å². The first-order valence-electron chi connectivity index (χ1n) is 9.43. The van der Waals surface area contributed by atoms with Crippen LogP contribution in [0.15, 0.2) is 73.1 Å². The van der Waals surface area contributed by atoms with Gasteiger partial charge in [0.05, 0.1) is 5.56 Å². The van der Waals surface area contributed by atoms with Gasteiger partial charge in [-0.1, -0.05) is 48.9 Å². The van der Waals surface area contributed by atoms with E-state index in [9.17, 15) is 4.79 Å². The van der Waals surface area contributed by atoms with Crippen molar-refractivity contribution in [3.8, 4) is 0 Å². The van der Waals surface area contributed by atoms with E-state index in [1.807, 2.05) is 41.3 Å². The largest absolute Gasteiger partial charge is 0.302 e. The molecule has 1 atom stereocenters. The minimum Gasteiger partial charge on any atom is -0.302 e. The number of aromatic nitrogens is 1. The molecule has 1 amide bonds. The number of hydrogen-bond donors (Lipinski definition) is 0. The van der Waals surface area contributed by atoms with Crippen molar-refractivity contribution < 1.29 is 4.79 Å². The zero-order chi connectivity index (χ0) is 19.9. The summed E-state index contributed by atoms with van der Waals surface area (Å²) in [6.45, 7) is 6.51. The highest BCUT2D eigenvalue weighted by atomic mass is 35.5. The molecule has 0 radical (unpaired) electrons. The van der Waals surface area contributed by atoms with E-state index < -0.39 is 0 Å². The summed E-state index contributed by atoms with van der Waals surface area (Å²) in [6.07, 6.45) is 4.11. The van der Waals surface area contributed by atoms with Crippen molar-refractivity contribution in [3.05, 3.63) is 94.8 Å². The number of amides is 1. The van der Waals surface area contributed by atoms with Crippen LogP contribution in [0.3, 0.4) is 0 Å². The SMILES string of the molecule is CC1(C)C[C@@](C)(c2ccc(Cl)cc2)c2ccccc2N1C(=O)c1cccnc1. The van der Waals surface area contributed by atoms with Crippen LogP contribution in [0.2, 0.25) is 5.02 Å². The first-order chi connectivity index (χ1) is 13.3. The van der Waals surface area contributed by atoms with Gasteiger partial charge in [-0.3, -0.25) is 9.78 Å². The van der Waals surface area contributed by atoms with Crippen molar-refractivity contribution in [2.75, 3.05) is 4.90 Å². The van der Waals surface area contributed by atoms with Crippen molar-refractivity contribution >= 4 is 23.2 Å². The maximum absolute atomic E-state index is 13.4. The average molecular weight is 391 g/mol. The first-order valence-corrected chi connectivity index (χ1v) is 9.81. The molecule has 0 aliphatic carbocycles. The molecule has 142 valence electrons. The Balaban J connectivity index is 1.89. The van der Waals surface area contributed by atoms with Crippen LogP contribution in [0.1, 0.15) is 48.7 Å². The van der Waals surface area contributed by atoms with E-state index in [4.69, 9.17) is 11.6 Å². The molecule has 3 aromatic rings. The molecule has 0 fully saturated rings. The smallest absolute Gasteiger partial charge is 0.260 e. The lowest BCUT2D eigenvalue weighted by Gasteiger charge is -2.51. The fourth-order valence-corrected chi connectivity index (χ4v) is 4.70. The number of anilines is 1. The number of benzene rings is 2. The molecule has 1 aliphatic heterocycles. The molecule has 2 heterocycles. The lowest BCUT2D eigenvalue weighted by molar-refractivity contribution is 0.0948. The molecule has 28 heavy (non-hydrogen) atoms. The van der Waals surface area contributed by atoms with Gasteiger partial charge in [-0.25, -0.2) is 0 Å². The number of para-hydroxylation sites is 1. The Hall–Kier alpha value is -2.65. The van der Waals surface area contributed by atoms with Crippen LogP contribution in [0, 0.1) is 0 Å². The predicted molar refractivity (Wildman–Crippen MR) is 114 cm³/mol. The number of rotatable bonds is 2. The third-order valence-corrected chi connectivity index (χ3v) is 5.98. The van der Waals surface area contributed by atoms with E-state index in [0.717, 1.165) is 22.7 Å². The zero-order valence-corrected chi connectivity index (χ0v) is 17.1. The maximum atomic E-state index is 13.4. The lowest BCUT2D eigenvalue weighted by atomic mass is 9.65. The highest BCUT2D eigenvalue weighted by Gasteiger charge is 2.47. The summed E-state index contributed by atoms with van der Waals surface area (Å²) in [7, 11) is 0. The van der Waals surface area contributed by atoms with Gasteiger partial charge >= 0.3 is 0 Å². The number of hydrogen-bond acceptors (Lipinski definition) is 2. The number of nitrogens with zero attached hydrogens (tertiary/aromatic N) is 2. The summed E-state index contributed by atoms with van der Waals surface area (Å²) in [5.41, 5.74) is 3.29. The second-order valence-electron chi connectivity index (χ2n) is 8.23. The number of carbonyl (C=O) groups excluding carboxylic acids is 1. The van der Waals surface area contributed by atoms with Gasteiger partial charge in [0.1, 0.15) is 0 Å². The van der Waals surface area contributed by atoms with Crippen LogP contribution in [0.4, 0.5) is 5.69 Å². The summed E-state index contributed by atoms with van der Waals surface area (Å²) in [6, 6.07) is 19.9. The Morgan fingerprint density at radius 3 is 2.39 bits per heavy atom. The predicted octanol–water partition coefficient (Wildman–Crippen LogP) is 5.87. The molecule has 4 rings (SSSR count). The van der Waals surface area contributed by atoms with Gasteiger partial charge in [-0.05, 0) is 61.7 Å². The van der Waals surface area contributed by atoms with E-state index in [0.29, 0.717) is 5.56 Å². The third kappa shape index (κ3) is 3.00. The summed E-state index contributed by atoms with van der Waals surface area (Å²) in [5.74, 6) is -0.0243. The van der Waals surface area contributed by atoms with Crippen molar-refractivity contribution in [2.24, 2.45) is 0 Å². The molecule has 3 nitrogen and oxygen atoms in total. The van der Waals surface area contributed by atoms with Crippen molar-refractivity contribution in [2.45, 2.75) is 38.1 Å². The maximum Gasteiger partial charge on any atom is 0.260 e. The fraction of sp³-hybridized carbons (Fsp3) is 0.250. The van der Waals surface area contributed by atoms with Crippen molar-refractivity contribution in [1.29, 1.82) is 0 Å². The Morgan fingerprint density at radius 1 is 1.00 bits per heavy atom.